The largest absolute Gasteiger partial charge is 0.477 e. The van der Waals surface area contributed by atoms with E-state index in [4.69, 9.17) is 10.6 Å². The lowest BCUT2D eigenvalue weighted by Gasteiger charge is -2.49. The van der Waals surface area contributed by atoms with E-state index >= 15 is 0 Å². The Labute approximate surface area is 179 Å². The molecule has 0 aromatic carbocycles. The molecule has 1 saturated carbocycles. The van der Waals surface area contributed by atoms with Crippen LogP contribution in [0.2, 0.25) is 0 Å². The number of hydrogen-bond donors (Lipinski definition) is 3. The highest BCUT2D eigenvalue weighted by molar-refractivity contribution is 8.00. The number of carbonyl (C=O) groups is 3. The highest BCUT2D eigenvalue weighted by Crippen LogP contribution is 2.40. The van der Waals surface area contributed by atoms with Gasteiger partial charge in [0.1, 0.15) is 23.2 Å². The van der Waals surface area contributed by atoms with Gasteiger partial charge in [0.15, 0.2) is 5.13 Å². The first-order valence-electron chi connectivity index (χ1n) is 9.43. The van der Waals surface area contributed by atoms with Gasteiger partial charge in [0.05, 0.1) is 0 Å². The maximum Gasteiger partial charge on any atom is 0.352 e. The Balaban J connectivity index is 1.51. The molecule has 160 valence electrons. The number of nitrogens with two attached hydrogens (primary N) is 1. The van der Waals surface area contributed by atoms with Crippen LogP contribution in [0.25, 0.3) is 0 Å². The van der Waals surface area contributed by atoms with Crippen molar-refractivity contribution in [3.63, 3.8) is 0 Å². The highest BCUT2D eigenvalue weighted by Gasteiger charge is 2.54. The summed E-state index contributed by atoms with van der Waals surface area (Å²) in [5, 5.41) is 15.5. The molecule has 4 N–H and O–H groups in total. The third kappa shape index (κ3) is 3.86. The van der Waals surface area contributed by atoms with E-state index in [1.54, 1.807) is 0 Å². The van der Waals surface area contributed by atoms with Crippen LogP contribution in [0, 0.1) is 0 Å². The van der Waals surface area contributed by atoms with E-state index in [1.807, 2.05) is 6.92 Å². The van der Waals surface area contributed by atoms with Crippen LogP contribution in [0.4, 0.5) is 5.13 Å². The fraction of sp³-hybridized carbons (Fsp3) is 0.529. The summed E-state index contributed by atoms with van der Waals surface area (Å²) in [5.41, 5.74) is 5.40. The van der Waals surface area contributed by atoms with Gasteiger partial charge in [0.2, 0.25) is 11.5 Å². The van der Waals surface area contributed by atoms with Crippen molar-refractivity contribution in [2.24, 2.45) is 5.16 Å². The molecule has 2 aliphatic heterocycles. The molecule has 2 amide bonds. The lowest BCUT2D eigenvalue weighted by atomic mass is 10.0. The third-order valence-corrected chi connectivity index (χ3v) is 6.89. The van der Waals surface area contributed by atoms with E-state index in [9.17, 15) is 19.5 Å². The van der Waals surface area contributed by atoms with Gasteiger partial charge in [-0.05, 0) is 38.7 Å². The molecule has 4 rings (SSSR count). The van der Waals surface area contributed by atoms with Crippen LogP contribution in [0.5, 0.6) is 0 Å². The number of oxime groups is 1. The first-order valence-corrected chi connectivity index (χ1v) is 11.1. The van der Waals surface area contributed by atoms with Gasteiger partial charge >= 0.3 is 5.97 Å². The molecule has 3 atom stereocenters. The number of nitrogen functional groups attached to an aromatic ring is 1. The Bertz CT molecular complexity index is 941. The van der Waals surface area contributed by atoms with Crippen molar-refractivity contribution in [3.8, 4) is 0 Å². The molecule has 11 nitrogen and oxygen atoms in total. The molecule has 13 heteroatoms. The molecular weight excluding hydrogens is 432 g/mol. The number of fused-ring (bicyclic) bond motifs is 1. The van der Waals surface area contributed by atoms with Gasteiger partial charge in [-0.1, -0.05) is 5.16 Å². The van der Waals surface area contributed by atoms with Gasteiger partial charge in [0.25, 0.3) is 11.8 Å². The van der Waals surface area contributed by atoms with Gasteiger partial charge in [-0.3, -0.25) is 14.5 Å². The summed E-state index contributed by atoms with van der Waals surface area (Å²) in [6.07, 6.45) is 5.20. The van der Waals surface area contributed by atoms with Crippen LogP contribution in [0.1, 0.15) is 38.4 Å². The number of hydrogen-bond acceptors (Lipinski definition) is 10. The minimum atomic E-state index is -1.18. The van der Waals surface area contributed by atoms with Gasteiger partial charge < -0.3 is 21.0 Å². The fourth-order valence-corrected chi connectivity index (χ4v) is 5.34. The Kier molecular flexibility index (Phi) is 5.64. The number of carboxylic acids is 1. The zero-order valence-corrected chi connectivity index (χ0v) is 17.6. The molecule has 0 bridgehead atoms. The van der Waals surface area contributed by atoms with Crippen LogP contribution < -0.4 is 11.1 Å². The Morgan fingerprint density at radius 2 is 2.13 bits per heavy atom. The first-order chi connectivity index (χ1) is 14.3. The van der Waals surface area contributed by atoms with E-state index in [-0.39, 0.29) is 33.7 Å². The summed E-state index contributed by atoms with van der Waals surface area (Å²) in [6, 6.07) is -0.888. The predicted molar refractivity (Wildman–Crippen MR) is 110 cm³/mol. The maximum atomic E-state index is 12.9. The SMILES string of the molecule is CC1C=C(C(=O)O)N2C(=O)C(NC(=O)/C(=N\OC3CCCC3)c3nsc(N)n3)[C@H]2S1. The standard InChI is InChI=1S/C17H20N6O5S2/c1-7-6-9(16(26)27)23-14(25)11(15(23)29-7)19-13(24)10(12-20-17(18)30-22-12)21-28-8-4-2-3-5-8/h6-8,11,15H,2-5H2,1H3,(H,19,24)(H,26,27)(H2,18,20,22)/b21-10-/t7?,11?,15-/m1/s1. The topological polar surface area (TPSA) is 160 Å². The van der Waals surface area contributed by atoms with Gasteiger partial charge in [-0.15, -0.1) is 11.8 Å². The summed E-state index contributed by atoms with van der Waals surface area (Å²) in [6.45, 7) is 1.83. The number of nitrogens with one attached hydrogen (secondary N) is 1. The molecule has 3 heterocycles. The van der Waals surface area contributed by atoms with E-state index in [0.29, 0.717) is 0 Å². The normalized spacial score (nSPS) is 26.6. The smallest absolute Gasteiger partial charge is 0.352 e. The summed E-state index contributed by atoms with van der Waals surface area (Å²) < 4.78 is 4.03. The molecule has 1 aliphatic carbocycles. The number of aromatic nitrogens is 2. The quantitative estimate of drug-likeness (QED) is 0.318. The van der Waals surface area contributed by atoms with Crippen LogP contribution in [-0.4, -0.2) is 65.6 Å². The minimum Gasteiger partial charge on any atom is -0.477 e. The minimum absolute atomic E-state index is 0.0208. The van der Waals surface area contributed by atoms with E-state index in [1.165, 1.54) is 22.7 Å². The monoisotopic (exact) mass is 452 g/mol. The number of rotatable bonds is 6. The lowest BCUT2D eigenvalue weighted by Crippen LogP contribution is -2.71. The van der Waals surface area contributed by atoms with Gasteiger partial charge in [-0.2, -0.15) is 9.36 Å². The number of carbonyl (C=O) groups excluding carboxylic acids is 2. The third-order valence-electron chi connectivity index (χ3n) is 5.02. The van der Waals surface area contributed by atoms with E-state index in [0.717, 1.165) is 37.2 Å². The zero-order valence-electron chi connectivity index (χ0n) is 16.0. The zero-order chi connectivity index (χ0) is 21.4. The first kappa shape index (κ1) is 20.6. The second kappa shape index (κ2) is 8.22. The van der Waals surface area contributed by atoms with Crippen molar-refractivity contribution in [1.29, 1.82) is 0 Å². The number of β-lactam (4-membered cyclic amide) rings is 1. The number of amides is 2. The second-order valence-corrected chi connectivity index (χ2v) is 9.44. The Morgan fingerprint density at radius 1 is 1.40 bits per heavy atom. The molecule has 2 fully saturated rings. The molecule has 30 heavy (non-hydrogen) atoms. The summed E-state index contributed by atoms with van der Waals surface area (Å²) in [5.74, 6) is -2.33. The molecule has 3 aliphatic rings. The van der Waals surface area contributed by atoms with Gasteiger partial charge in [0, 0.05) is 16.8 Å². The number of aliphatic carboxylic acids is 1. The van der Waals surface area contributed by atoms with Crippen molar-refractivity contribution >= 4 is 51.9 Å². The summed E-state index contributed by atoms with van der Waals surface area (Å²) >= 11 is 2.30. The van der Waals surface area contributed by atoms with Gasteiger partial charge in [-0.25, -0.2) is 4.79 Å². The highest BCUT2D eigenvalue weighted by atomic mass is 32.2. The van der Waals surface area contributed by atoms with Crippen molar-refractivity contribution in [1.82, 2.24) is 19.6 Å². The van der Waals surface area contributed by atoms with Crippen LogP contribution in [0.15, 0.2) is 16.9 Å². The number of thioether (sulfide) groups is 1. The van der Waals surface area contributed by atoms with E-state index in [2.05, 4.69) is 19.8 Å². The molecule has 0 spiro atoms. The molecule has 2 unspecified atom stereocenters. The van der Waals surface area contributed by atoms with Crippen molar-refractivity contribution < 1.29 is 24.3 Å². The predicted octanol–water partition coefficient (Wildman–Crippen LogP) is 0.541. The maximum absolute atomic E-state index is 12.9. The fourth-order valence-electron chi connectivity index (χ4n) is 3.57. The molecule has 0 radical (unpaired) electrons. The van der Waals surface area contributed by atoms with Crippen LogP contribution >= 0.6 is 23.3 Å². The molecule has 1 saturated heterocycles. The molecule has 1 aromatic heterocycles. The Hall–Kier alpha value is -2.67. The molecule has 1 aromatic rings. The van der Waals surface area contributed by atoms with Crippen molar-refractivity contribution in [2.75, 3.05) is 5.73 Å². The number of anilines is 1. The summed E-state index contributed by atoms with van der Waals surface area (Å²) in [7, 11) is 0. The second-order valence-electron chi connectivity index (χ2n) is 7.16. The number of nitrogens with zero attached hydrogens (tertiary/aromatic N) is 4. The number of carboxylic acid groups (broad SMARTS) is 1. The molecular formula is C17H20N6O5S2. The lowest BCUT2D eigenvalue weighted by molar-refractivity contribution is -0.150. The Morgan fingerprint density at radius 3 is 2.77 bits per heavy atom. The van der Waals surface area contributed by atoms with E-state index < -0.39 is 29.2 Å². The van der Waals surface area contributed by atoms with Crippen molar-refractivity contribution in [2.45, 2.75) is 55.4 Å². The van der Waals surface area contributed by atoms with Crippen molar-refractivity contribution in [3.05, 3.63) is 17.6 Å². The average Bonchev–Trinajstić information content (AvgIpc) is 3.37. The van der Waals surface area contributed by atoms with Crippen LogP contribution in [-0.2, 0) is 19.2 Å². The summed E-state index contributed by atoms with van der Waals surface area (Å²) in [4.78, 5) is 47.6. The van der Waals surface area contributed by atoms with Crippen LogP contribution in [0.3, 0.4) is 0 Å². The average molecular weight is 453 g/mol.